The van der Waals surface area contributed by atoms with Crippen LogP contribution in [0.4, 0.5) is 4.79 Å². The number of carbonyl (C=O) groups is 1. The molecule has 1 rings (SSSR count). The van der Waals surface area contributed by atoms with Gasteiger partial charge in [0.05, 0.1) is 11.6 Å². The average molecular weight is 229 g/mol. The van der Waals surface area contributed by atoms with Gasteiger partial charge in [-0.05, 0) is 47.5 Å². The number of likely N-dealkylation sites (tertiary alicyclic amines) is 1. The van der Waals surface area contributed by atoms with Crippen LogP contribution in [0.15, 0.2) is 0 Å². The first-order valence-electron chi connectivity index (χ1n) is 5.85. The van der Waals surface area contributed by atoms with Crippen molar-refractivity contribution >= 4 is 6.09 Å². The van der Waals surface area contributed by atoms with Crippen LogP contribution in [0.25, 0.3) is 0 Å². The molecular weight excluding hydrogens is 206 g/mol. The average Bonchev–Trinajstić information content (AvgIpc) is 2.45. The van der Waals surface area contributed by atoms with Crippen molar-refractivity contribution < 1.29 is 14.6 Å². The summed E-state index contributed by atoms with van der Waals surface area (Å²) >= 11 is 0. The SMILES string of the molecule is CC(O)[C@]1(C)CCCN1C(=O)OC(C)(C)C. The highest BCUT2D eigenvalue weighted by atomic mass is 16.6. The van der Waals surface area contributed by atoms with Gasteiger partial charge in [-0.15, -0.1) is 0 Å². The van der Waals surface area contributed by atoms with Gasteiger partial charge < -0.3 is 14.7 Å². The van der Waals surface area contributed by atoms with Crippen LogP contribution in [0.2, 0.25) is 0 Å². The molecule has 16 heavy (non-hydrogen) atoms. The third kappa shape index (κ3) is 2.67. The van der Waals surface area contributed by atoms with Crippen molar-refractivity contribution in [2.45, 2.75) is 64.7 Å². The first kappa shape index (κ1) is 13.3. The van der Waals surface area contributed by atoms with Gasteiger partial charge in [0.15, 0.2) is 0 Å². The zero-order valence-corrected chi connectivity index (χ0v) is 10.9. The molecule has 4 nitrogen and oxygen atoms in total. The second kappa shape index (κ2) is 4.24. The van der Waals surface area contributed by atoms with Crippen molar-refractivity contribution in [1.29, 1.82) is 0 Å². The number of aliphatic hydroxyl groups is 1. The fourth-order valence-corrected chi connectivity index (χ4v) is 2.04. The Kier molecular flexibility index (Phi) is 3.53. The van der Waals surface area contributed by atoms with E-state index in [0.717, 1.165) is 12.8 Å². The summed E-state index contributed by atoms with van der Waals surface area (Å²) in [5.74, 6) is 0. The highest BCUT2D eigenvalue weighted by Gasteiger charge is 2.44. The molecule has 0 bridgehead atoms. The van der Waals surface area contributed by atoms with Crippen LogP contribution in [-0.2, 0) is 4.74 Å². The van der Waals surface area contributed by atoms with Crippen LogP contribution in [0.1, 0.15) is 47.5 Å². The molecule has 0 aromatic heterocycles. The van der Waals surface area contributed by atoms with Gasteiger partial charge in [0.2, 0.25) is 0 Å². The molecule has 1 amide bonds. The Morgan fingerprint density at radius 1 is 1.50 bits per heavy atom. The monoisotopic (exact) mass is 229 g/mol. The van der Waals surface area contributed by atoms with Crippen molar-refractivity contribution in [3.63, 3.8) is 0 Å². The Bertz CT molecular complexity index is 270. The van der Waals surface area contributed by atoms with E-state index in [4.69, 9.17) is 4.74 Å². The molecule has 1 aliphatic rings. The van der Waals surface area contributed by atoms with Gasteiger partial charge in [-0.3, -0.25) is 0 Å². The van der Waals surface area contributed by atoms with Crippen LogP contribution in [-0.4, -0.2) is 39.9 Å². The molecule has 0 aromatic carbocycles. The summed E-state index contributed by atoms with van der Waals surface area (Å²) in [6.45, 7) is 9.84. The number of carbonyl (C=O) groups excluding carboxylic acids is 1. The summed E-state index contributed by atoms with van der Waals surface area (Å²) in [6, 6.07) is 0. The Balaban J connectivity index is 2.76. The molecule has 0 aliphatic carbocycles. The first-order valence-corrected chi connectivity index (χ1v) is 5.85. The van der Waals surface area contributed by atoms with E-state index in [1.807, 2.05) is 27.7 Å². The third-order valence-electron chi connectivity index (χ3n) is 3.20. The Morgan fingerprint density at radius 2 is 2.06 bits per heavy atom. The molecule has 1 unspecified atom stereocenters. The summed E-state index contributed by atoms with van der Waals surface area (Å²) in [4.78, 5) is 13.6. The zero-order chi connectivity index (χ0) is 12.6. The molecule has 0 saturated carbocycles. The quantitative estimate of drug-likeness (QED) is 0.749. The standard InChI is InChI=1S/C12H23NO3/c1-9(14)12(5)7-6-8-13(12)10(15)16-11(2,3)4/h9,14H,6-8H2,1-5H3/t9?,12-/m0/s1. The Morgan fingerprint density at radius 3 is 2.50 bits per heavy atom. The number of ether oxygens (including phenoxy) is 1. The maximum absolute atomic E-state index is 12.0. The molecule has 1 aliphatic heterocycles. The summed E-state index contributed by atoms with van der Waals surface area (Å²) in [5.41, 5.74) is -0.971. The van der Waals surface area contributed by atoms with Crippen molar-refractivity contribution in [3.05, 3.63) is 0 Å². The normalized spacial score (nSPS) is 28.0. The first-order chi connectivity index (χ1) is 7.17. The number of hydrogen-bond acceptors (Lipinski definition) is 3. The lowest BCUT2D eigenvalue weighted by Gasteiger charge is -2.38. The Labute approximate surface area is 97.6 Å². The van der Waals surface area contributed by atoms with Crippen LogP contribution in [0, 0.1) is 0 Å². The smallest absolute Gasteiger partial charge is 0.410 e. The summed E-state index contributed by atoms with van der Waals surface area (Å²) < 4.78 is 5.34. The second-order valence-corrected chi connectivity index (χ2v) is 5.77. The molecule has 94 valence electrons. The lowest BCUT2D eigenvalue weighted by molar-refractivity contribution is -0.0203. The van der Waals surface area contributed by atoms with Crippen molar-refractivity contribution in [1.82, 2.24) is 4.90 Å². The predicted molar refractivity (Wildman–Crippen MR) is 62.3 cm³/mol. The largest absolute Gasteiger partial charge is 0.444 e. The van der Waals surface area contributed by atoms with Gasteiger partial charge in [-0.25, -0.2) is 4.79 Å². The molecule has 4 heteroatoms. The number of hydrogen-bond donors (Lipinski definition) is 1. The highest BCUT2D eigenvalue weighted by Crippen LogP contribution is 2.33. The van der Waals surface area contributed by atoms with Crippen LogP contribution in [0.5, 0.6) is 0 Å². The summed E-state index contributed by atoms with van der Waals surface area (Å²) in [5, 5.41) is 9.78. The lowest BCUT2D eigenvalue weighted by Crippen LogP contribution is -2.53. The number of rotatable bonds is 1. The molecule has 1 fully saturated rings. The summed E-state index contributed by atoms with van der Waals surface area (Å²) in [6.07, 6.45) is 0.876. The van der Waals surface area contributed by atoms with E-state index in [-0.39, 0.29) is 6.09 Å². The minimum Gasteiger partial charge on any atom is -0.444 e. The minimum absolute atomic E-state index is 0.326. The molecule has 2 atom stereocenters. The Hall–Kier alpha value is -0.770. The predicted octanol–water partition coefficient (Wildman–Crippen LogP) is 2.16. The van der Waals surface area contributed by atoms with Crippen molar-refractivity contribution in [3.8, 4) is 0 Å². The number of nitrogens with zero attached hydrogens (tertiary/aromatic N) is 1. The van der Waals surface area contributed by atoms with Gasteiger partial charge >= 0.3 is 6.09 Å². The van der Waals surface area contributed by atoms with E-state index >= 15 is 0 Å². The molecule has 1 heterocycles. The molecular formula is C12H23NO3. The van der Waals surface area contributed by atoms with E-state index in [0.29, 0.717) is 6.54 Å². The maximum atomic E-state index is 12.0. The van der Waals surface area contributed by atoms with E-state index in [1.165, 1.54) is 0 Å². The molecule has 1 saturated heterocycles. The van der Waals surface area contributed by atoms with E-state index < -0.39 is 17.2 Å². The fourth-order valence-electron chi connectivity index (χ4n) is 2.04. The molecule has 0 spiro atoms. The molecule has 0 aromatic rings. The van der Waals surface area contributed by atoms with Crippen molar-refractivity contribution in [2.75, 3.05) is 6.54 Å². The van der Waals surface area contributed by atoms with Gasteiger partial charge in [0.1, 0.15) is 5.60 Å². The van der Waals surface area contributed by atoms with E-state index in [9.17, 15) is 9.90 Å². The van der Waals surface area contributed by atoms with Gasteiger partial charge in [0.25, 0.3) is 0 Å². The van der Waals surface area contributed by atoms with Crippen molar-refractivity contribution in [2.24, 2.45) is 0 Å². The fraction of sp³-hybridized carbons (Fsp3) is 0.917. The van der Waals surface area contributed by atoms with Crippen LogP contribution in [0.3, 0.4) is 0 Å². The van der Waals surface area contributed by atoms with E-state index in [1.54, 1.807) is 11.8 Å². The highest BCUT2D eigenvalue weighted by molar-refractivity contribution is 5.69. The maximum Gasteiger partial charge on any atom is 0.410 e. The zero-order valence-electron chi connectivity index (χ0n) is 10.9. The number of amides is 1. The molecule has 1 N–H and O–H groups in total. The van der Waals surface area contributed by atoms with E-state index in [2.05, 4.69) is 0 Å². The summed E-state index contributed by atoms with van der Waals surface area (Å²) in [7, 11) is 0. The lowest BCUT2D eigenvalue weighted by atomic mass is 9.93. The van der Waals surface area contributed by atoms with Gasteiger partial charge in [-0.2, -0.15) is 0 Å². The van der Waals surface area contributed by atoms with Crippen LogP contribution < -0.4 is 0 Å². The third-order valence-corrected chi connectivity index (χ3v) is 3.20. The topological polar surface area (TPSA) is 49.8 Å². The van der Waals surface area contributed by atoms with Crippen LogP contribution >= 0.6 is 0 Å². The van der Waals surface area contributed by atoms with Gasteiger partial charge in [-0.1, -0.05) is 0 Å². The second-order valence-electron chi connectivity index (χ2n) is 5.77. The number of aliphatic hydroxyl groups excluding tert-OH is 1. The van der Waals surface area contributed by atoms with Gasteiger partial charge in [0, 0.05) is 6.54 Å². The minimum atomic E-state index is -0.539. The molecule has 0 radical (unpaired) electrons.